The minimum Gasteiger partial charge on any atom is -0.381 e. The highest BCUT2D eigenvalue weighted by Gasteiger charge is 2.47. The largest absolute Gasteiger partial charge is 0.381 e. The molecule has 4 heteroatoms. The van der Waals surface area contributed by atoms with Gasteiger partial charge in [-0.1, -0.05) is 0 Å². The lowest BCUT2D eigenvalue weighted by Gasteiger charge is -2.48. The topological polar surface area (TPSA) is 32.1 Å². The van der Waals surface area contributed by atoms with E-state index in [0.717, 1.165) is 23.8 Å². The van der Waals surface area contributed by atoms with E-state index in [4.69, 9.17) is 14.2 Å². The Morgan fingerprint density at radius 3 is 2.12 bits per heavy atom. The molecule has 2 saturated carbocycles. The van der Waals surface area contributed by atoms with Crippen molar-refractivity contribution in [3.8, 4) is 0 Å². The summed E-state index contributed by atoms with van der Waals surface area (Å²) in [6, 6.07) is 0.809. The number of fused-ring (bicyclic) bond motifs is 1. The normalized spacial score (nSPS) is 46.5. The number of quaternary nitrogens is 1. The number of methoxy groups -OCH3 is 3. The molecule has 1 N–H and O–H groups in total. The molecular formula is C20H38NO3+. The monoisotopic (exact) mass is 340 g/mol. The van der Waals surface area contributed by atoms with Gasteiger partial charge in [-0.15, -0.1) is 0 Å². The Labute approximate surface area is 148 Å². The molecule has 24 heavy (non-hydrogen) atoms. The third-order valence-electron chi connectivity index (χ3n) is 7.44. The number of likely N-dealkylation sites (tertiary alicyclic amines) is 1. The van der Waals surface area contributed by atoms with Gasteiger partial charge in [0.05, 0.1) is 37.9 Å². The van der Waals surface area contributed by atoms with Crippen molar-refractivity contribution in [1.82, 2.24) is 0 Å². The molecular weight excluding hydrogens is 302 g/mol. The molecule has 6 atom stereocenters. The Bertz CT molecular complexity index is 383. The number of hydrogen-bond acceptors (Lipinski definition) is 3. The van der Waals surface area contributed by atoms with Crippen molar-refractivity contribution in [3.63, 3.8) is 0 Å². The highest BCUT2D eigenvalue weighted by molar-refractivity contribution is 4.93. The van der Waals surface area contributed by atoms with E-state index in [9.17, 15) is 0 Å². The number of piperidine rings is 1. The zero-order chi connectivity index (χ0) is 17.1. The number of hydrogen-bond donors (Lipinski definition) is 1. The van der Waals surface area contributed by atoms with Gasteiger partial charge in [-0.3, -0.25) is 0 Å². The first-order valence-corrected chi connectivity index (χ1v) is 10.1. The predicted molar refractivity (Wildman–Crippen MR) is 95.3 cm³/mol. The van der Waals surface area contributed by atoms with Crippen LogP contribution in [-0.4, -0.2) is 59.3 Å². The molecule has 2 aliphatic carbocycles. The number of rotatable bonds is 5. The molecule has 4 nitrogen and oxygen atoms in total. The number of nitrogens with one attached hydrogen (secondary N) is 1. The molecule has 0 aromatic carbocycles. The fourth-order valence-electron chi connectivity index (χ4n) is 5.86. The Hall–Kier alpha value is -0.160. The van der Waals surface area contributed by atoms with Gasteiger partial charge < -0.3 is 19.1 Å². The summed E-state index contributed by atoms with van der Waals surface area (Å²) in [4.78, 5) is 1.76. The van der Waals surface area contributed by atoms with E-state index in [0.29, 0.717) is 12.2 Å². The minimum absolute atomic E-state index is 0.286. The lowest BCUT2D eigenvalue weighted by atomic mass is 9.66. The molecule has 0 aromatic heterocycles. The van der Waals surface area contributed by atoms with Crippen molar-refractivity contribution in [3.05, 3.63) is 0 Å². The van der Waals surface area contributed by atoms with Gasteiger partial charge >= 0.3 is 0 Å². The fraction of sp³-hybridized carbons (Fsp3) is 1.00. The second-order valence-electron chi connectivity index (χ2n) is 8.55. The maximum atomic E-state index is 5.80. The van der Waals surface area contributed by atoms with Crippen molar-refractivity contribution in [1.29, 1.82) is 0 Å². The molecule has 3 fully saturated rings. The van der Waals surface area contributed by atoms with Crippen molar-refractivity contribution >= 4 is 0 Å². The van der Waals surface area contributed by atoms with Crippen LogP contribution in [0.2, 0.25) is 0 Å². The van der Waals surface area contributed by atoms with Crippen LogP contribution in [-0.2, 0) is 14.2 Å². The predicted octanol–water partition coefficient (Wildman–Crippen LogP) is 1.92. The summed E-state index contributed by atoms with van der Waals surface area (Å²) in [6.07, 6.45) is 11.5. The average Bonchev–Trinajstić information content (AvgIpc) is 2.63. The maximum Gasteiger partial charge on any atom is 0.0907 e. The van der Waals surface area contributed by atoms with Gasteiger partial charge in [0, 0.05) is 33.7 Å². The standard InChI is InChI=1S/C20H37NO3/c1-21-10-9-15-12-19(23-3)20(24-4)13-17(15)18(21)11-14-5-7-16(22-2)8-6-14/h14-20H,5-13H2,1-4H3/p+1. The average molecular weight is 341 g/mol. The van der Waals surface area contributed by atoms with E-state index in [1.807, 2.05) is 21.3 Å². The van der Waals surface area contributed by atoms with Crippen molar-refractivity contribution in [2.75, 3.05) is 34.9 Å². The van der Waals surface area contributed by atoms with Gasteiger partial charge in [0.1, 0.15) is 0 Å². The third-order valence-corrected chi connectivity index (χ3v) is 7.44. The van der Waals surface area contributed by atoms with Gasteiger partial charge in [0.25, 0.3) is 0 Å². The van der Waals surface area contributed by atoms with E-state index in [1.54, 1.807) is 4.90 Å². The van der Waals surface area contributed by atoms with E-state index < -0.39 is 0 Å². The summed E-state index contributed by atoms with van der Waals surface area (Å²) in [5.74, 6) is 2.55. The van der Waals surface area contributed by atoms with Crippen LogP contribution in [0.15, 0.2) is 0 Å². The molecule has 0 radical (unpaired) electrons. The lowest BCUT2D eigenvalue weighted by molar-refractivity contribution is -0.919. The first-order valence-electron chi connectivity index (χ1n) is 10.1. The number of ether oxygens (including phenoxy) is 3. The van der Waals surface area contributed by atoms with Crippen LogP contribution in [0.3, 0.4) is 0 Å². The van der Waals surface area contributed by atoms with Crippen molar-refractivity contribution in [2.24, 2.45) is 17.8 Å². The molecule has 1 aliphatic heterocycles. The van der Waals surface area contributed by atoms with Gasteiger partial charge in [0.15, 0.2) is 0 Å². The molecule has 3 aliphatic rings. The van der Waals surface area contributed by atoms with Crippen LogP contribution in [0.4, 0.5) is 0 Å². The Morgan fingerprint density at radius 1 is 0.833 bits per heavy atom. The zero-order valence-corrected chi connectivity index (χ0v) is 16.1. The summed E-state index contributed by atoms with van der Waals surface area (Å²) in [7, 11) is 8.00. The summed E-state index contributed by atoms with van der Waals surface area (Å²) in [5.41, 5.74) is 0. The first kappa shape index (κ1) is 18.6. The molecule has 0 bridgehead atoms. The summed E-state index contributed by atoms with van der Waals surface area (Å²) < 4.78 is 17.1. The minimum atomic E-state index is 0.286. The Kier molecular flexibility index (Phi) is 6.58. The molecule has 140 valence electrons. The molecule has 0 spiro atoms. The molecule has 1 heterocycles. The third kappa shape index (κ3) is 3.98. The fourth-order valence-corrected chi connectivity index (χ4v) is 5.86. The molecule has 0 aromatic rings. The molecule has 3 rings (SSSR count). The van der Waals surface area contributed by atoms with Crippen LogP contribution in [0.1, 0.15) is 51.4 Å². The van der Waals surface area contributed by atoms with Crippen molar-refractivity contribution in [2.45, 2.75) is 75.7 Å². The van der Waals surface area contributed by atoms with Crippen LogP contribution >= 0.6 is 0 Å². The molecule has 0 amide bonds. The quantitative estimate of drug-likeness (QED) is 0.830. The van der Waals surface area contributed by atoms with Gasteiger partial charge in [-0.2, -0.15) is 0 Å². The summed E-state index contributed by atoms with van der Waals surface area (Å²) in [6.45, 7) is 1.33. The summed E-state index contributed by atoms with van der Waals surface area (Å²) >= 11 is 0. The van der Waals surface area contributed by atoms with Gasteiger partial charge in [0.2, 0.25) is 0 Å². The van der Waals surface area contributed by atoms with E-state index >= 15 is 0 Å². The van der Waals surface area contributed by atoms with E-state index in [1.165, 1.54) is 57.9 Å². The Morgan fingerprint density at radius 2 is 1.50 bits per heavy atom. The van der Waals surface area contributed by atoms with Crippen LogP contribution in [0.5, 0.6) is 0 Å². The van der Waals surface area contributed by atoms with E-state index in [-0.39, 0.29) is 6.10 Å². The highest BCUT2D eigenvalue weighted by Crippen LogP contribution is 2.40. The van der Waals surface area contributed by atoms with Crippen LogP contribution in [0.25, 0.3) is 0 Å². The summed E-state index contributed by atoms with van der Waals surface area (Å²) in [5, 5.41) is 0. The van der Waals surface area contributed by atoms with Crippen LogP contribution < -0.4 is 4.90 Å². The smallest absolute Gasteiger partial charge is 0.0907 e. The highest BCUT2D eigenvalue weighted by atomic mass is 16.5. The SMILES string of the molecule is COC1CCC(CC2C3CC(OC)C(OC)CC3CC[NH+]2C)CC1. The second-order valence-corrected chi connectivity index (χ2v) is 8.55. The first-order chi connectivity index (χ1) is 11.7. The molecule has 6 unspecified atom stereocenters. The van der Waals surface area contributed by atoms with Crippen LogP contribution in [0, 0.1) is 17.8 Å². The second kappa shape index (κ2) is 8.48. The molecule has 1 saturated heterocycles. The van der Waals surface area contributed by atoms with Crippen molar-refractivity contribution < 1.29 is 19.1 Å². The lowest BCUT2D eigenvalue weighted by Crippen LogP contribution is -3.15. The van der Waals surface area contributed by atoms with E-state index in [2.05, 4.69) is 7.05 Å². The Balaban J connectivity index is 1.63. The van der Waals surface area contributed by atoms with Gasteiger partial charge in [-0.05, 0) is 56.8 Å². The van der Waals surface area contributed by atoms with Gasteiger partial charge in [-0.25, -0.2) is 0 Å². The maximum absolute atomic E-state index is 5.80. The zero-order valence-electron chi connectivity index (χ0n) is 16.1.